The number of nitrogens with zero attached hydrogens (tertiary/aromatic N) is 2. The van der Waals surface area contributed by atoms with Crippen LogP contribution in [-0.4, -0.2) is 29.1 Å². The van der Waals surface area contributed by atoms with Gasteiger partial charge in [0.05, 0.1) is 0 Å². The van der Waals surface area contributed by atoms with E-state index in [2.05, 4.69) is 19.0 Å². The largest absolute Gasteiger partial charge is 0.361 e. The zero-order valence-corrected chi connectivity index (χ0v) is 14.5. The van der Waals surface area contributed by atoms with Crippen molar-refractivity contribution in [3.63, 3.8) is 0 Å². The SMILES string of the molecule is CC(C)Cc1cc(C(=O)N2CCC(Cc3cc(F)cc(F)c3)C2)no1. The van der Waals surface area contributed by atoms with Crippen molar-refractivity contribution in [3.8, 4) is 0 Å². The molecule has 2 aromatic rings. The molecule has 6 heteroatoms. The quantitative estimate of drug-likeness (QED) is 0.824. The minimum atomic E-state index is -0.568. The van der Waals surface area contributed by atoms with Crippen molar-refractivity contribution >= 4 is 5.91 Å². The van der Waals surface area contributed by atoms with E-state index >= 15 is 0 Å². The van der Waals surface area contributed by atoms with Gasteiger partial charge in [0.2, 0.25) is 0 Å². The van der Waals surface area contributed by atoms with Crippen molar-refractivity contribution < 1.29 is 18.1 Å². The first-order valence-corrected chi connectivity index (χ1v) is 8.60. The van der Waals surface area contributed by atoms with E-state index in [1.165, 1.54) is 12.1 Å². The molecular weight excluding hydrogens is 326 g/mol. The second-order valence-corrected chi connectivity index (χ2v) is 7.16. The van der Waals surface area contributed by atoms with Crippen molar-refractivity contribution in [1.82, 2.24) is 10.1 Å². The normalized spacial score (nSPS) is 17.5. The zero-order valence-electron chi connectivity index (χ0n) is 14.5. The molecular formula is C19H22F2N2O2. The van der Waals surface area contributed by atoms with Gasteiger partial charge < -0.3 is 9.42 Å². The van der Waals surface area contributed by atoms with Gasteiger partial charge in [-0.2, -0.15) is 0 Å². The fourth-order valence-electron chi connectivity index (χ4n) is 3.32. The minimum Gasteiger partial charge on any atom is -0.361 e. The van der Waals surface area contributed by atoms with Crippen molar-refractivity contribution in [3.05, 3.63) is 52.9 Å². The third-order valence-electron chi connectivity index (χ3n) is 4.41. The first-order chi connectivity index (χ1) is 11.9. The molecule has 0 spiro atoms. The van der Waals surface area contributed by atoms with Crippen LogP contribution in [0.3, 0.4) is 0 Å². The number of rotatable bonds is 5. The van der Waals surface area contributed by atoms with Gasteiger partial charge in [0.1, 0.15) is 17.4 Å². The Morgan fingerprint density at radius 1 is 1.28 bits per heavy atom. The van der Waals surface area contributed by atoms with Crippen molar-refractivity contribution in [2.75, 3.05) is 13.1 Å². The molecule has 1 unspecified atom stereocenters. The minimum absolute atomic E-state index is 0.147. The molecule has 1 atom stereocenters. The second-order valence-electron chi connectivity index (χ2n) is 7.16. The average Bonchev–Trinajstić information content (AvgIpc) is 3.14. The van der Waals surface area contributed by atoms with Crippen LogP contribution in [0.2, 0.25) is 0 Å². The van der Waals surface area contributed by atoms with E-state index in [9.17, 15) is 13.6 Å². The molecule has 0 radical (unpaired) electrons. The predicted octanol–water partition coefficient (Wildman–Crippen LogP) is 3.86. The maximum Gasteiger partial charge on any atom is 0.276 e. The van der Waals surface area contributed by atoms with Gasteiger partial charge in [-0.05, 0) is 42.4 Å². The molecule has 0 N–H and O–H groups in total. The van der Waals surface area contributed by atoms with Gasteiger partial charge in [-0.3, -0.25) is 4.79 Å². The van der Waals surface area contributed by atoms with E-state index < -0.39 is 11.6 Å². The van der Waals surface area contributed by atoms with E-state index in [1.807, 2.05) is 0 Å². The first-order valence-electron chi connectivity index (χ1n) is 8.60. The number of halogens is 2. The lowest BCUT2D eigenvalue weighted by molar-refractivity contribution is 0.0776. The number of hydrogen-bond acceptors (Lipinski definition) is 3. The molecule has 1 aromatic carbocycles. The summed E-state index contributed by atoms with van der Waals surface area (Å²) in [4.78, 5) is 14.3. The van der Waals surface area contributed by atoms with Gasteiger partial charge in [-0.1, -0.05) is 19.0 Å². The topological polar surface area (TPSA) is 46.3 Å². The first kappa shape index (κ1) is 17.6. The Balaban J connectivity index is 1.60. The van der Waals surface area contributed by atoms with Gasteiger partial charge in [-0.25, -0.2) is 8.78 Å². The highest BCUT2D eigenvalue weighted by Gasteiger charge is 2.29. The number of hydrogen-bond donors (Lipinski definition) is 0. The summed E-state index contributed by atoms with van der Waals surface area (Å²) < 4.78 is 31.8. The molecule has 2 heterocycles. The van der Waals surface area contributed by atoms with Crippen LogP contribution in [-0.2, 0) is 12.8 Å². The van der Waals surface area contributed by atoms with Gasteiger partial charge in [0, 0.05) is 31.6 Å². The highest BCUT2D eigenvalue weighted by atomic mass is 19.1. The number of carbonyl (C=O) groups excluding carboxylic acids is 1. The van der Waals surface area contributed by atoms with Gasteiger partial charge >= 0.3 is 0 Å². The summed E-state index contributed by atoms with van der Waals surface area (Å²) in [6, 6.07) is 5.28. The van der Waals surface area contributed by atoms with Crippen LogP contribution >= 0.6 is 0 Å². The van der Waals surface area contributed by atoms with Crippen molar-refractivity contribution in [2.24, 2.45) is 11.8 Å². The van der Waals surface area contributed by atoms with Crippen molar-refractivity contribution in [2.45, 2.75) is 33.1 Å². The Morgan fingerprint density at radius 3 is 2.68 bits per heavy atom. The number of likely N-dealkylation sites (tertiary alicyclic amines) is 1. The number of aromatic nitrogens is 1. The van der Waals surface area contributed by atoms with E-state index in [-0.39, 0.29) is 11.8 Å². The Labute approximate surface area is 145 Å². The lowest BCUT2D eigenvalue weighted by atomic mass is 9.98. The molecule has 1 fully saturated rings. The third kappa shape index (κ3) is 4.44. The molecule has 1 aliphatic heterocycles. The number of carbonyl (C=O) groups is 1. The molecule has 4 nitrogen and oxygen atoms in total. The Bertz CT molecular complexity index is 737. The smallest absolute Gasteiger partial charge is 0.276 e. The van der Waals surface area contributed by atoms with Crippen molar-refractivity contribution in [1.29, 1.82) is 0 Å². The van der Waals surface area contributed by atoms with E-state index in [0.717, 1.165) is 18.9 Å². The lowest BCUT2D eigenvalue weighted by Gasteiger charge is -2.15. The molecule has 25 heavy (non-hydrogen) atoms. The maximum absolute atomic E-state index is 13.3. The standard InChI is InChI=1S/C19H22F2N2O2/c1-12(2)5-17-10-18(22-25-17)19(24)23-4-3-13(11-23)6-14-7-15(20)9-16(21)8-14/h7-10,12-13H,3-6,11H2,1-2H3. The molecule has 1 aromatic heterocycles. The Hall–Kier alpha value is -2.24. The fraction of sp³-hybridized carbons (Fsp3) is 0.474. The fourth-order valence-corrected chi connectivity index (χ4v) is 3.32. The molecule has 1 saturated heterocycles. The molecule has 1 aliphatic rings. The second kappa shape index (κ2) is 7.33. The van der Waals surface area contributed by atoms with Crippen LogP contribution in [0, 0.1) is 23.5 Å². The molecule has 0 bridgehead atoms. The maximum atomic E-state index is 13.3. The summed E-state index contributed by atoms with van der Waals surface area (Å²) in [6.45, 7) is 5.33. The molecule has 134 valence electrons. The Kier molecular flexibility index (Phi) is 5.16. The summed E-state index contributed by atoms with van der Waals surface area (Å²) in [5.74, 6) is 0.0457. The van der Waals surface area contributed by atoms with Crippen LogP contribution in [0.25, 0.3) is 0 Å². The summed E-state index contributed by atoms with van der Waals surface area (Å²) in [6.07, 6.45) is 2.10. The zero-order chi connectivity index (χ0) is 18.0. The van der Waals surface area contributed by atoms with Crippen LogP contribution in [0.15, 0.2) is 28.8 Å². The van der Waals surface area contributed by atoms with Gasteiger partial charge in [0.25, 0.3) is 5.91 Å². The van der Waals surface area contributed by atoms with Crippen LogP contribution in [0.1, 0.15) is 42.1 Å². The lowest BCUT2D eigenvalue weighted by Crippen LogP contribution is -2.29. The molecule has 0 aliphatic carbocycles. The van der Waals surface area contributed by atoms with E-state index in [4.69, 9.17) is 4.52 Å². The summed E-state index contributed by atoms with van der Waals surface area (Å²) in [7, 11) is 0. The number of amides is 1. The monoisotopic (exact) mass is 348 g/mol. The van der Waals surface area contributed by atoms with Crippen LogP contribution < -0.4 is 0 Å². The van der Waals surface area contributed by atoms with Crippen LogP contribution in [0.5, 0.6) is 0 Å². The highest BCUT2D eigenvalue weighted by molar-refractivity contribution is 5.92. The average molecular weight is 348 g/mol. The summed E-state index contributed by atoms with van der Waals surface area (Å²) in [5.41, 5.74) is 0.950. The van der Waals surface area contributed by atoms with Gasteiger partial charge in [0.15, 0.2) is 5.69 Å². The molecule has 3 rings (SSSR count). The summed E-state index contributed by atoms with van der Waals surface area (Å²) >= 11 is 0. The van der Waals surface area contributed by atoms with Crippen LogP contribution in [0.4, 0.5) is 8.78 Å². The predicted molar refractivity (Wildman–Crippen MR) is 89.1 cm³/mol. The molecule has 0 saturated carbocycles. The third-order valence-corrected chi connectivity index (χ3v) is 4.41. The van der Waals surface area contributed by atoms with E-state index in [0.29, 0.717) is 42.4 Å². The Morgan fingerprint density at radius 2 is 2.00 bits per heavy atom. The van der Waals surface area contributed by atoms with Gasteiger partial charge in [-0.15, -0.1) is 0 Å². The highest BCUT2D eigenvalue weighted by Crippen LogP contribution is 2.23. The molecule has 1 amide bonds. The summed E-state index contributed by atoms with van der Waals surface area (Å²) in [5, 5.41) is 3.88. The van der Waals surface area contributed by atoms with E-state index in [1.54, 1.807) is 11.0 Å². The number of benzene rings is 1.